The van der Waals surface area contributed by atoms with Crippen molar-refractivity contribution in [3.05, 3.63) is 63.9 Å². The second-order valence-electron chi connectivity index (χ2n) is 4.34. The van der Waals surface area contributed by atoms with Gasteiger partial charge in [0.15, 0.2) is 0 Å². The van der Waals surface area contributed by atoms with Gasteiger partial charge in [-0.2, -0.15) is 0 Å². The maximum Gasteiger partial charge on any atom is 0.271 e. The molecule has 1 aromatic heterocycles. The number of fused-ring (bicyclic) bond motifs is 1. The Morgan fingerprint density at radius 3 is 2.61 bits per heavy atom. The molecule has 0 bridgehead atoms. The summed E-state index contributed by atoms with van der Waals surface area (Å²) in [5.74, 6) is 0. The van der Waals surface area contributed by atoms with Crippen LogP contribution >= 0.6 is 0 Å². The molecule has 3 aromatic rings. The van der Waals surface area contributed by atoms with E-state index in [1.807, 2.05) is 24.3 Å². The van der Waals surface area contributed by atoms with E-state index in [0.717, 1.165) is 17.5 Å². The van der Waals surface area contributed by atoms with Gasteiger partial charge in [-0.3, -0.25) is 15.0 Å². The lowest BCUT2D eigenvalue weighted by Gasteiger charge is -2.05. The van der Waals surface area contributed by atoms with Crippen molar-refractivity contribution < 1.29 is 0 Å². The molecule has 0 aliphatic heterocycles. The lowest BCUT2D eigenvalue weighted by Crippen LogP contribution is -2.00. The van der Waals surface area contributed by atoms with Crippen molar-refractivity contribution in [3.8, 4) is 0 Å². The Balaban J connectivity index is 2.07. The summed E-state index contributed by atoms with van der Waals surface area (Å²) in [7, 11) is 0. The van der Waals surface area contributed by atoms with Gasteiger partial charge in [-0.15, -0.1) is 0 Å². The first-order valence-electron chi connectivity index (χ1n) is 5.77. The summed E-state index contributed by atoms with van der Waals surface area (Å²) < 4.78 is 0. The van der Waals surface area contributed by atoms with Gasteiger partial charge in [0.1, 0.15) is 0 Å². The van der Waals surface area contributed by atoms with E-state index >= 15 is 0 Å². The van der Waals surface area contributed by atoms with Gasteiger partial charge >= 0.3 is 0 Å². The molecule has 0 fully saturated rings. The third-order valence-electron chi connectivity index (χ3n) is 3.07. The lowest BCUT2D eigenvalue weighted by atomic mass is 10.0. The number of hydrogen-bond donors (Lipinski definition) is 3. The van der Waals surface area contributed by atoms with E-state index in [1.165, 1.54) is 5.56 Å². The fraction of sp³-hybridized carbons (Fsp3) is 0.0714. The number of aromatic nitrogens is 2. The summed E-state index contributed by atoms with van der Waals surface area (Å²) in [6, 6.07) is 13.8. The van der Waals surface area contributed by atoms with Crippen LogP contribution in [0.5, 0.6) is 0 Å². The van der Waals surface area contributed by atoms with Crippen LogP contribution in [-0.4, -0.2) is 10.2 Å². The van der Waals surface area contributed by atoms with Crippen LogP contribution in [0.3, 0.4) is 0 Å². The predicted molar refractivity (Wildman–Crippen MR) is 72.6 cm³/mol. The molecular weight excluding hydrogens is 226 g/mol. The largest absolute Gasteiger partial charge is 0.398 e. The molecule has 0 radical (unpaired) electrons. The molecule has 0 unspecified atom stereocenters. The zero-order valence-corrected chi connectivity index (χ0v) is 9.73. The highest BCUT2D eigenvalue weighted by molar-refractivity contribution is 5.83. The fourth-order valence-electron chi connectivity index (χ4n) is 2.11. The zero-order chi connectivity index (χ0) is 12.5. The third kappa shape index (κ3) is 1.78. The number of anilines is 1. The van der Waals surface area contributed by atoms with Crippen LogP contribution in [0.25, 0.3) is 10.9 Å². The second-order valence-corrected chi connectivity index (χ2v) is 4.34. The summed E-state index contributed by atoms with van der Waals surface area (Å²) in [5, 5.41) is 6.01. The van der Waals surface area contributed by atoms with Crippen LogP contribution in [0.15, 0.2) is 47.3 Å². The molecule has 4 heteroatoms. The molecule has 2 aromatic carbocycles. The molecule has 0 aliphatic carbocycles. The highest BCUT2D eigenvalue weighted by Gasteiger charge is 2.07. The van der Waals surface area contributed by atoms with Gasteiger partial charge in [-0.25, -0.2) is 0 Å². The monoisotopic (exact) mass is 239 g/mol. The van der Waals surface area contributed by atoms with E-state index in [4.69, 9.17) is 5.73 Å². The standard InChI is InChI=1S/C14H13N3O/c15-12-8-11-13(16-17-14(11)18)7-10(12)6-9-4-2-1-3-5-9/h1-5,7-8H,6,15H2,(H2,16,17,18). The molecular formula is C14H13N3O. The van der Waals surface area contributed by atoms with Crippen LogP contribution in [0.2, 0.25) is 0 Å². The van der Waals surface area contributed by atoms with Gasteiger partial charge in [0.05, 0.1) is 10.9 Å². The molecule has 0 spiro atoms. The Morgan fingerprint density at radius 2 is 1.83 bits per heavy atom. The van der Waals surface area contributed by atoms with Crippen LogP contribution in [0, 0.1) is 0 Å². The number of H-pyrrole nitrogens is 2. The Hall–Kier alpha value is -2.49. The summed E-state index contributed by atoms with van der Waals surface area (Å²) in [6.07, 6.45) is 0.760. The number of nitrogens with one attached hydrogen (secondary N) is 2. The van der Waals surface area contributed by atoms with E-state index in [1.54, 1.807) is 6.07 Å². The second kappa shape index (κ2) is 4.07. The minimum absolute atomic E-state index is 0.136. The molecule has 0 saturated heterocycles. The molecule has 0 amide bonds. The predicted octanol–water partition coefficient (Wildman–Crippen LogP) is 2.03. The van der Waals surface area contributed by atoms with Crippen LogP contribution in [0.4, 0.5) is 5.69 Å². The number of benzene rings is 2. The minimum Gasteiger partial charge on any atom is -0.398 e. The number of nitrogens with two attached hydrogens (primary N) is 1. The Morgan fingerprint density at radius 1 is 1.06 bits per heavy atom. The van der Waals surface area contributed by atoms with E-state index in [0.29, 0.717) is 11.1 Å². The maximum atomic E-state index is 11.5. The van der Waals surface area contributed by atoms with Gasteiger partial charge < -0.3 is 5.73 Å². The van der Waals surface area contributed by atoms with E-state index in [2.05, 4.69) is 22.3 Å². The molecule has 0 saturated carbocycles. The average molecular weight is 239 g/mol. The molecule has 4 nitrogen and oxygen atoms in total. The first-order valence-corrected chi connectivity index (χ1v) is 5.77. The number of rotatable bonds is 2. The van der Waals surface area contributed by atoms with Crippen LogP contribution in [-0.2, 0) is 6.42 Å². The summed E-state index contributed by atoms with van der Waals surface area (Å²) in [6.45, 7) is 0. The zero-order valence-electron chi connectivity index (χ0n) is 9.73. The number of aromatic amines is 2. The third-order valence-corrected chi connectivity index (χ3v) is 3.07. The van der Waals surface area contributed by atoms with Crippen molar-refractivity contribution in [1.29, 1.82) is 0 Å². The lowest BCUT2D eigenvalue weighted by molar-refractivity contribution is 1.08. The molecule has 18 heavy (non-hydrogen) atoms. The first kappa shape index (κ1) is 10.7. The highest BCUT2D eigenvalue weighted by Crippen LogP contribution is 2.21. The molecule has 1 heterocycles. The molecule has 4 N–H and O–H groups in total. The Labute approximate surface area is 103 Å². The fourth-order valence-corrected chi connectivity index (χ4v) is 2.11. The molecule has 0 aliphatic rings. The van der Waals surface area contributed by atoms with Crippen molar-refractivity contribution in [2.24, 2.45) is 0 Å². The molecule has 90 valence electrons. The SMILES string of the molecule is Nc1cc2c(=O)[nH][nH]c2cc1Cc1ccccc1. The van der Waals surface area contributed by atoms with E-state index in [-0.39, 0.29) is 5.56 Å². The van der Waals surface area contributed by atoms with Gasteiger partial charge in [0.25, 0.3) is 5.56 Å². The van der Waals surface area contributed by atoms with Gasteiger partial charge in [-0.1, -0.05) is 30.3 Å². The van der Waals surface area contributed by atoms with Gasteiger partial charge in [-0.05, 0) is 29.7 Å². The van der Waals surface area contributed by atoms with Gasteiger partial charge in [0.2, 0.25) is 0 Å². The Kier molecular flexibility index (Phi) is 2.41. The van der Waals surface area contributed by atoms with Crippen LogP contribution in [0.1, 0.15) is 11.1 Å². The Bertz CT molecular complexity index is 741. The normalized spacial score (nSPS) is 10.9. The summed E-state index contributed by atoms with van der Waals surface area (Å²) in [4.78, 5) is 11.5. The number of hydrogen-bond acceptors (Lipinski definition) is 2. The van der Waals surface area contributed by atoms with Crippen molar-refractivity contribution in [3.63, 3.8) is 0 Å². The quantitative estimate of drug-likeness (QED) is 0.598. The van der Waals surface area contributed by atoms with E-state index < -0.39 is 0 Å². The highest BCUT2D eigenvalue weighted by atomic mass is 16.1. The summed E-state index contributed by atoms with van der Waals surface area (Å²) in [5.41, 5.74) is 9.51. The first-order chi connectivity index (χ1) is 8.74. The van der Waals surface area contributed by atoms with Crippen molar-refractivity contribution in [1.82, 2.24) is 10.2 Å². The average Bonchev–Trinajstić information content (AvgIpc) is 2.73. The van der Waals surface area contributed by atoms with E-state index in [9.17, 15) is 4.79 Å². The topological polar surface area (TPSA) is 74.7 Å². The van der Waals surface area contributed by atoms with Gasteiger partial charge in [0, 0.05) is 5.69 Å². The van der Waals surface area contributed by atoms with Crippen molar-refractivity contribution in [2.75, 3.05) is 5.73 Å². The minimum atomic E-state index is -0.136. The molecule has 3 rings (SSSR count). The summed E-state index contributed by atoms with van der Waals surface area (Å²) >= 11 is 0. The van der Waals surface area contributed by atoms with Crippen molar-refractivity contribution >= 4 is 16.6 Å². The van der Waals surface area contributed by atoms with Crippen molar-refractivity contribution in [2.45, 2.75) is 6.42 Å². The molecule has 0 atom stereocenters. The smallest absolute Gasteiger partial charge is 0.271 e. The maximum absolute atomic E-state index is 11.5. The number of nitrogen functional groups attached to an aromatic ring is 1. The van der Waals surface area contributed by atoms with Crippen LogP contribution < -0.4 is 11.3 Å².